The van der Waals surface area contributed by atoms with Crippen LogP contribution in [0.2, 0.25) is 0 Å². The Balaban J connectivity index is 1.88. The van der Waals surface area contributed by atoms with Crippen LogP contribution in [0, 0.1) is 0 Å². The van der Waals surface area contributed by atoms with Crippen LogP contribution in [0.1, 0.15) is 51.2 Å². The lowest BCUT2D eigenvalue weighted by atomic mass is 9.93. The van der Waals surface area contributed by atoms with E-state index in [0.717, 1.165) is 36.3 Å². The molecule has 0 bridgehead atoms. The molecule has 1 aliphatic rings. The first-order chi connectivity index (χ1) is 11.3. The van der Waals surface area contributed by atoms with Gasteiger partial charge >= 0.3 is 0 Å². The highest BCUT2D eigenvalue weighted by molar-refractivity contribution is 7.09. The zero-order valence-corrected chi connectivity index (χ0v) is 16.9. The van der Waals surface area contributed by atoms with Crippen molar-refractivity contribution in [3.63, 3.8) is 0 Å². The Labute approximate surface area is 151 Å². The molecule has 0 aromatic carbocycles. The lowest BCUT2D eigenvalue weighted by molar-refractivity contribution is 0.232. The number of likely N-dealkylation sites (N-methyl/N-ethyl adjacent to an activating group) is 2. The van der Waals surface area contributed by atoms with Crippen LogP contribution in [0.3, 0.4) is 0 Å². The van der Waals surface area contributed by atoms with E-state index in [1.807, 2.05) is 7.05 Å². The zero-order chi connectivity index (χ0) is 17.7. The SMILES string of the molecule is CCN1CCCC1CN(C)C(=NC)NCc1nc(C(C)(C)C)cs1. The molecule has 0 radical (unpaired) electrons. The lowest BCUT2D eigenvalue weighted by Crippen LogP contribution is -2.45. The van der Waals surface area contributed by atoms with Crippen molar-refractivity contribution in [2.45, 2.75) is 58.5 Å². The molecular formula is C18H33N5S. The number of aliphatic imine (C=N–C) groups is 1. The maximum Gasteiger partial charge on any atom is 0.193 e. The fraction of sp³-hybridized carbons (Fsp3) is 0.778. The van der Waals surface area contributed by atoms with Gasteiger partial charge in [0.05, 0.1) is 12.2 Å². The molecule has 6 heteroatoms. The van der Waals surface area contributed by atoms with E-state index in [-0.39, 0.29) is 5.41 Å². The van der Waals surface area contributed by atoms with Crippen molar-refractivity contribution < 1.29 is 0 Å². The lowest BCUT2D eigenvalue weighted by Gasteiger charge is -2.29. The van der Waals surface area contributed by atoms with Crippen LogP contribution >= 0.6 is 11.3 Å². The highest BCUT2D eigenvalue weighted by atomic mass is 32.1. The average molecular weight is 352 g/mol. The Kier molecular flexibility index (Phi) is 6.63. The van der Waals surface area contributed by atoms with E-state index >= 15 is 0 Å². The molecule has 136 valence electrons. The van der Waals surface area contributed by atoms with Crippen molar-refractivity contribution in [3.05, 3.63) is 16.1 Å². The van der Waals surface area contributed by atoms with Gasteiger partial charge in [0, 0.05) is 37.5 Å². The van der Waals surface area contributed by atoms with Gasteiger partial charge in [-0.2, -0.15) is 0 Å². The van der Waals surface area contributed by atoms with Crippen molar-refractivity contribution in [2.24, 2.45) is 4.99 Å². The summed E-state index contributed by atoms with van der Waals surface area (Å²) in [7, 11) is 3.98. The van der Waals surface area contributed by atoms with Crippen molar-refractivity contribution in [2.75, 3.05) is 33.7 Å². The standard InChI is InChI=1S/C18H33N5S/c1-7-23-10-8-9-14(23)12-22(6)17(19-5)20-11-16-21-15(13-24-16)18(2,3)4/h13-14H,7-12H2,1-6H3,(H,19,20). The number of hydrogen-bond donors (Lipinski definition) is 1. The van der Waals surface area contributed by atoms with E-state index in [1.54, 1.807) is 11.3 Å². The minimum Gasteiger partial charge on any atom is -0.350 e. The van der Waals surface area contributed by atoms with Gasteiger partial charge in [0.1, 0.15) is 5.01 Å². The van der Waals surface area contributed by atoms with Crippen LogP contribution in [0.15, 0.2) is 10.4 Å². The number of hydrogen-bond acceptors (Lipinski definition) is 4. The number of guanidine groups is 1. The second-order valence-corrected chi connectivity index (χ2v) is 8.53. The van der Waals surface area contributed by atoms with Crippen molar-refractivity contribution in [1.82, 2.24) is 20.1 Å². The molecule has 2 rings (SSSR count). The summed E-state index contributed by atoms with van der Waals surface area (Å²) >= 11 is 1.72. The van der Waals surface area contributed by atoms with Crippen LogP contribution in [0.25, 0.3) is 0 Å². The fourth-order valence-electron chi connectivity index (χ4n) is 3.20. The van der Waals surface area contributed by atoms with Crippen LogP contribution < -0.4 is 5.32 Å². The van der Waals surface area contributed by atoms with Crippen molar-refractivity contribution in [3.8, 4) is 0 Å². The molecule has 0 aliphatic carbocycles. The topological polar surface area (TPSA) is 43.8 Å². The van der Waals surface area contributed by atoms with E-state index in [4.69, 9.17) is 4.98 Å². The first-order valence-electron chi connectivity index (χ1n) is 8.95. The zero-order valence-electron chi connectivity index (χ0n) is 16.1. The fourth-order valence-corrected chi connectivity index (χ4v) is 4.16. The number of aromatic nitrogens is 1. The third-order valence-corrected chi connectivity index (χ3v) is 5.53. The highest BCUT2D eigenvalue weighted by Gasteiger charge is 2.25. The van der Waals surface area contributed by atoms with Gasteiger partial charge in [-0.1, -0.05) is 27.7 Å². The van der Waals surface area contributed by atoms with Gasteiger partial charge in [-0.05, 0) is 25.9 Å². The molecule has 1 aromatic heterocycles. The summed E-state index contributed by atoms with van der Waals surface area (Å²) in [6.07, 6.45) is 2.60. The number of nitrogens with zero attached hydrogens (tertiary/aromatic N) is 4. The van der Waals surface area contributed by atoms with E-state index < -0.39 is 0 Å². The smallest absolute Gasteiger partial charge is 0.193 e. The Morgan fingerprint density at radius 1 is 1.50 bits per heavy atom. The molecule has 1 unspecified atom stereocenters. The third-order valence-electron chi connectivity index (χ3n) is 4.68. The normalized spacial score (nSPS) is 19.8. The maximum absolute atomic E-state index is 4.75. The summed E-state index contributed by atoms with van der Waals surface area (Å²) in [6.45, 7) is 13.0. The molecule has 0 amide bonds. The Bertz CT molecular complexity index is 546. The summed E-state index contributed by atoms with van der Waals surface area (Å²) in [5.41, 5.74) is 1.27. The van der Waals surface area contributed by atoms with E-state index in [1.165, 1.54) is 19.4 Å². The van der Waals surface area contributed by atoms with Gasteiger partial charge < -0.3 is 10.2 Å². The van der Waals surface area contributed by atoms with Gasteiger partial charge in [0.15, 0.2) is 5.96 Å². The Morgan fingerprint density at radius 2 is 2.25 bits per heavy atom. The molecule has 1 aliphatic heterocycles. The van der Waals surface area contributed by atoms with Crippen LogP contribution in [-0.4, -0.2) is 60.5 Å². The Hall–Kier alpha value is -1.14. The molecule has 0 saturated carbocycles. The summed E-state index contributed by atoms with van der Waals surface area (Å²) in [5, 5.41) is 6.75. The molecule has 5 nitrogen and oxygen atoms in total. The summed E-state index contributed by atoms with van der Waals surface area (Å²) < 4.78 is 0. The summed E-state index contributed by atoms with van der Waals surface area (Å²) in [6, 6.07) is 0.644. The molecule has 24 heavy (non-hydrogen) atoms. The largest absolute Gasteiger partial charge is 0.350 e. The maximum atomic E-state index is 4.75. The van der Waals surface area contributed by atoms with Crippen LogP contribution in [0.5, 0.6) is 0 Å². The average Bonchev–Trinajstić information content (AvgIpc) is 3.16. The van der Waals surface area contributed by atoms with Gasteiger partial charge in [-0.3, -0.25) is 9.89 Å². The number of thiazole rings is 1. The van der Waals surface area contributed by atoms with Gasteiger partial charge in [0.2, 0.25) is 0 Å². The molecule has 1 N–H and O–H groups in total. The third kappa shape index (κ3) is 4.93. The molecule has 1 atom stereocenters. The van der Waals surface area contributed by atoms with Gasteiger partial charge in [0.25, 0.3) is 0 Å². The minimum absolute atomic E-state index is 0.110. The first-order valence-corrected chi connectivity index (χ1v) is 9.83. The van der Waals surface area contributed by atoms with Crippen LogP contribution in [-0.2, 0) is 12.0 Å². The number of nitrogens with one attached hydrogen (secondary N) is 1. The summed E-state index contributed by atoms with van der Waals surface area (Å²) in [5.74, 6) is 0.950. The molecule has 1 saturated heterocycles. The first kappa shape index (κ1) is 19.2. The molecule has 1 aromatic rings. The van der Waals surface area contributed by atoms with E-state index in [0.29, 0.717) is 6.04 Å². The second kappa shape index (κ2) is 8.30. The predicted molar refractivity (Wildman–Crippen MR) is 104 cm³/mol. The van der Waals surface area contributed by atoms with Crippen molar-refractivity contribution >= 4 is 17.3 Å². The molecular weight excluding hydrogens is 318 g/mol. The highest BCUT2D eigenvalue weighted by Crippen LogP contribution is 2.23. The number of rotatable bonds is 5. The predicted octanol–water partition coefficient (Wildman–Crippen LogP) is 2.93. The summed E-state index contributed by atoms with van der Waals surface area (Å²) in [4.78, 5) is 14.0. The van der Waals surface area contributed by atoms with Gasteiger partial charge in [-0.25, -0.2) is 4.98 Å². The quantitative estimate of drug-likeness (QED) is 0.654. The Morgan fingerprint density at radius 3 is 2.83 bits per heavy atom. The van der Waals surface area contributed by atoms with Crippen LogP contribution in [0.4, 0.5) is 0 Å². The second-order valence-electron chi connectivity index (χ2n) is 7.58. The van der Waals surface area contributed by atoms with E-state index in [2.05, 4.69) is 60.2 Å². The molecule has 1 fully saturated rings. The monoisotopic (exact) mass is 351 g/mol. The van der Waals surface area contributed by atoms with Gasteiger partial charge in [-0.15, -0.1) is 11.3 Å². The molecule has 2 heterocycles. The number of likely N-dealkylation sites (tertiary alicyclic amines) is 1. The minimum atomic E-state index is 0.110. The molecule has 0 spiro atoms. The van der Waals surface area contributed by atoms with Crippen molar-refractivity contribution in [1.29, 1.82) is 0 Å². The van der Waals surface area contributed by atoms with E-state index in [9.17, 15) is 0 Å².